The topological polar surface area (TPSA) is 69.0 Å². The number of aromatic nitrogens is 3. The highest BCUT2D eigenvalue weighted by Crippen LogP contribution is 2.24. The van der Waals surface area contributed by atoms with Crippen LogP contribution in [-0.2, 0) is 11.3 Å². The second-order valence-corrected chi connectivity index (χ2v) is 6.21. The minimum Gasteiger partial charge on any atom is -0.497 e. The number of rotatable bonds is 7. The lowest BCUT2D eigenvalue weighted by molar-refractivity contribution is -0.115. The Kier molecular flexibility index (Phi) is 5.81. The molecule has 1 aromatic heterocycles. The second kappa shape index (κ2) is 7.82. The monoisotopic (exact) mass is 332 g/mol. The molecule has 122 valence electrons. The highest BCUT2D eigenvalue weighted by atomic mass is 32.2. The molecule has 2 rings (SSSR count). The van der Waals surface area contributed by atoms with Crippen molar-refractivity contribution in [3.05, 3.63) is 42.7 Å². The summed E-state index contributed by atoms with van der Waals surface area (Å²) < 4.78 is 7.02. The lowest BCUT2D eigenvalue weighted by atomic mass is 10.3. The molecule has 1 atom stereocenters. The third-order valence-electron chi connectivity index (χ3n) is 3.22. The minimum atomic E-state index is -0.302. The van der Waals surface area contributed by atoms with Gasteiger partial charge in [0.25, 0.3) is 0 Å². The maximum absolute atomic E-state index is 12.3. The van der Waals surface area contributed by atoms with E-state index in [1.165, 1.54) is 11.8 Å². The number of aryl methyl sites for hydroxylation is 1. The van der Waals surface area contributed by atoms with Gasteiger partial charge < -0.3 is 14.6 Å². The zero-order valence-electron chi connectivity index (χ0n) is 13.4. The van der Waals surface area contributed by atoms with Gasteiger partial charge in [0.2, 0.25) is 5.91 Å². The van der Waals surface area contributed by atoms with E-state index in [1.54, 1.807) is 37.5 Å². The van der Waals surface area contributed by atoms with Crippen molar-refractivity contribution in [2.24, 2.45) is 0 Å². The number of benzene rings is 1. The van der Waals surface area contributed by atoms with Gasteiger partial charge in [0.1, 0.15) is 11.6 Å². The summed E-state index contributed by atoms with van der Waals surface area (Å²) in [5.74, 6) is 1.46. The summed E-state index contributed by atoms with van der Waals surface area (Å²) in [5.41, 5.74) is 0.729. The number of hydrogen-bond acceptors (Lipinski definition) is 5. The molecule has 1 heterocycles. The van der Waals surface area contributed by atoms with Gasteiger partial charge in [-0.05, 0) is 38.1 Å². The Morgan fingerprint density at radius 3 is 2.74 bits per heavy atom. The van der Waals surface area contributed by atoms with Crippen LogP contribution in [0.5, 0.6) is 5.75 Å². The van der Waals surface area contributed by atoms with Crippen molar-refractivity contribution in [2.75, 3.05) is 12.4 Å². The van der Waals surface area contributed by atoms with Crippen LogP contribution in [0.3, 0.4) is 0 Å². The normalized spacial score (nSPS) is 11.8. The van der Waals surface area contributed by atoms with Crippen LogP contribution in [0.1, 0.15) is 12.7 Å². The Bertz CT molecular complexity index is 682. The molecule has 0 spiro atoms. The molecule has 0 radical (unpaired) electrons. The van der Waals surface area contributed by atoms with Gasteiger partial charge in [0.05, 0.1) is 12.4 Å². The molecule has 0 aliphatic carbocycles. The molecule has 0 saturated heterocycles. The molecule has 0 unspecified atom stereocenters. The summed E-state index contributed by atoms with van der Waals surface area (Å²) in [4.78, 5) is 12.3. The van der Waals surface area contributed by atoms with Gasteiger partial charge in [-0.15, -0.1) is 16.8 Å². The summed E-state index contributed by atoms with van der Waals surface area (Å²) in [6.45, 7) is 8.06. The fourth-order valence-electron chi connectivity index (χ4n) is 1.92. The quantitative estimate of drug-likeness (QED) is 0.624. The van der Waals surface area contributed by atoms with Gasteiger partial charge in [-0.1, -0.05) is 17.8 Å². The molecule has 7 heteroatoms. The lowest BCUT2D eigenvalue weighted by Gasteiger charge is -2.12. The lowest BCUT2D eigenvalue weighted by Crippen LogP contribution is -2.23. The minimum absolute atomic E-state index is 0.0917. The summed E-state index contributed by atoms with van der Waals surface area (Å²) >= 11 is 1.37. The third kappa shape index (κ3) is 4.35. The predicted molar refractivity (Wildman–Crippen MR) is 91.9 cm³/mol. The zero-order chi connectivity index (χ0) is 16.8. The summed E-state index contributed by atoms with van der Waals surface area (Å²) in [5, 5.41) is 11.5. The number of hydrogen-bond donors (Lipinski definition) is 1. The summed E-state index contributed by atoms with van der Waals surface area (Å²) in [7, 11) is 1.60. The van der Waals surface area contributed by atoms with Crippen LogP contribution in [0.25, 0.3) is 0 Å². The average Bonchev–Trinajstić information content (AvgIpc) is 2.89. The van der Waals surface area contributed by atoms with E-state index in [0.717, 1.165) is 17.3 Å². The van der Waals surface area contributed by atoms with E-state index >= 15 is 0 Å². The first-order chi connectivity index (χ1) is 11.0. The molecule has 1 aromatic carbocycles. The molecule has 1 amide bonds. The molecular formula is C16H20N4O2S. The highest BCUT2D eigenvalue weighted by Gasteiger charge is 2.19. The Balaban J connectivity index is 2.00. The standard InChI is InChI=1S/C16H20N4O2S/c1-5-10-20-12(3)18-19-16(20)23-11(2)15(21)17-13-6-8-14(22-4)9-7-13/h5-9,11H,1,10H2,2-4H3,(H,17,21)/t11-/m0/s1. The molecule has 2 aromatic rings. The van der Waals surface area contributed by atoms with E-state index in [-0.39, 0.29) is 11.2 Å². The molecule has 23 heavy (non-hydrogen) atoms. The highest BCUT2D eigenvalue weighted by molar-refractivity contribution is 8.00. The maximum atomic E-state index is 12.3. The smallest absolute Gasteiger partial charge is 0.237 e. The number of carbonyl (C=O) groups is 1. The first-order valence-corrected chi connectivity index (χ1v) is 8.05. The SMILES string of the molecule is C=CCn1c(C)nnc1S[C@@H](C)C(=O)Nc1ccc(OC)cc1. The molecule has 0 fully saturated rings. The van der Waals surface area contributed by atoms with Crippen molar-refractivity contribution in [3.63, 3.8) is 0 Å². The molecule has 6 nitrogen and oxygen atoms in total. The molecule has 0 saturated carbocycles. The van der Waals surface area contributed by atoms with Gasteiger partial charge in [0.15, 0.2) is 5.16 Å². The van der Waals surface area contributed by atoms with Crippen LogP contribution in [0.4, 0.5) is 5.69 Å². The molecule has 0 aliphatic heterocycles. The van der Waals surface area contributed by atoms with Crippen LogP contribution in [0, 0.1) is 6.92 Å². The van der Waals surface area contributed by atoms with Crippen LogP contribution in [-0.4, -0.2) is 33.0 Å². The molecular weight excluding hydrogens is 312 g/mol. The van der Waals surface area contributed by atoms with Gasteiger partial charge >= 0.3 is 0 Å². The van der Waals surface area contributed by atoms with Gasteiger partial charge in [-0.3, -0.25) is 4.79 Å². The number of ether oxygens (including phenoxy) is 1. The van der Waals surface area contributed by atoms with Gasteiger partial charge in [-0.2, -0.15) is 0 Å². The van der Waals surface area contributed by atoms with E-state index in [9.17, 15) is 4.79 Å². The van der Waals surface area contributed by atoms with Gasteiger partial charge in [-0.25, -0.2) is 0 Å². The summed E-state index contributed by atoms with van der Waals surface area (Å²) in [6.07, 6.45) is 1.78. The maximum Gasteiger partial charge on any atom is 0.237 e. The second-order valence-electron chi connectivity index (χ2n) is 4.91. The molecule has 0 aliphatic rings. The fourth-order valence-corrected chi connectivity index (χ4v) is 2.82. The Hall–Kier alpha value is -2.28. The van der Waals surface area contributed by atoms with E-state index in [1.807, 2.05) is 18.4 Å². The van der Waals surface area contributed by atoms with E-state index in [4.69, 9.17) is 4.74 Å². The zero-order valence-corrected chi connectivity index (χ0v) is 14.3. The fraction of sp³-hybridized carbons (Fsp3) is 0.312. The predicted octanol–water partition coefficient (Wildman–Crippen LogP) is 2.90. The van der Waals surface area contributed by atoms with Crippen molar-refractivity contribution in [1.82, 2.24) is 14.8 Å². The first kappa shape index (κ1) is 17.1. The van der Waals surface area contributed by atoms with Crippen molar-refractivity contribution < 1.29 is 9.53 Å². The van der Waals surface area contributed by atoms with Crippen LogP contribution in [0.2, 0.25) is 0 Å². The van der Waals surface area contributed by atoms with E-state index in [2.05, 4.69) is 22.1 Å². The molecule has 0 bridgehead atoms. The van der Waals surface area contributed by atoms with E-state index < -0.39 is 0 Å². The Morgan fingerprint density at radius 2 is 2.13 bits per heavy atom. The number of thioether (sulfide) groups is 1. The third-order valence-corrected chi connectivity index (χ3v) is 4.30. The Labute approximate surface area is 139 Å². The van der Waals surface area contributed by atoms with E-state index in [0.29, 0.717) is 11.7 Å². The van der Waals surface area contributed by atoms with Crippen LogP contribution >= 0.6 is 11.8 Å². The number of nitrogens with zero attached hydrogens (tertiary/aromatic N) is 3. The first-order valence-electron chi connectivity index (χ1n) is 7.17. The largest absolute Gasteiger partial charge is 0.497 e. The molecule has 1 N–H and O–H groups in total. The van der Waals surface area contributed by atoms with Crippen molar-refractivity contribution >= 4 is 23.4 Å². The number of methoxy groups -OCH3 is 1. The number of nitrogens with one attached hydrogen (secondary N) is 1. The van der Waals surface area contributed by atoms with Crippen LogP contribution < -0.4 is 10.1 Å². The summed E-state index contributed by atoms with van der Waals surface area (Å²) in [6, 6.07) is 7.21. The number of carbonyl (C=O) groups excluding carboxylic acids is 1. The van der Waals surface area contributed by atoms with Gasteiger partial charge in [0, 0.05) is 12.2 Å². The van der Waals surface area contributed by atoms with Crippen molar-refractivity contribution in [3.8, 4) is 5.75 Å². The number of allylic oxidation sites excluding steroid dienone is 1. The van der Waals surface area contributed by atoms with Crippen LogP contribution in [0.15, 0.2) is 42.1 Å². The van der Waals surface area contributed by atoms with Crippen molar-refractivity contribution in [2.45, 2.75) is 30.8 Å². The average molecular weight is 332 g/mol. The Morgan fingerprint density at radius 1 is 1.43 bits per heavy atom. The number of amides is 1. The number of anilines is 1. The van der Waals surface area contributed by atoms with Crippen molar-refractivity contribution in [1.29, 1.82) is 0 Å².